The molecule has 1 fully saturated rings. The van der Waals surface area contributed by atoms with Gasteiger partial charge in [-0.3, -0.25) is 0 Å². The molecule has 17 heavy (non-hydrogen) atoms. The van der Waals surface area contributed by atoms with Gasteiger partial charge in [-0.1, -0.05) is 5.16 Å². The summed E-state index contributed by atoms with van der Waals surface area (Å²) in [6.07, 6.45) is 6.35. The first-order chi connectivity index (χ1) is 8.33. The molecule has 0 aromatic carbocycles. The molecule has 2 aromatic rings. The van der Waals surface area contributed by atoms with Crippen molar-refractivity contribution in [1.29, 1.82) is 0 Å². The van der Waals surface area contributed by atoms with Gasteiger partial charge in [-0.15, -0.1) is 0 Å². The van der Waals surface area contributed by atoms with E-state index in [2.05, 4.69) is 20.1 Å². The van der Waals surface area contributed by atoms with Crippen molar-refractivity contribution >= 4 is 0 Å². The van der Waals surface area contributed by atoms with E-state index in [4.69, 9.17) is 10.3 Å². The van der Waals surface area contributed by atoms with Gasteiger partial charge in [0.05, 0.1) is 0 Å². The summed E-state index contributed by atoms with van der Waals surface area (Å²) in [5.74, 6) is 2.08. The van der Waals surface area contributed by atoms with E-state index >= 15 is 0 Å². The Bertz CT molecular complexity index is 494. The van der Waals surface area contributed by atoms with E-state index in [0.29, 0.717) is 29.9 Å². The molecule has 88 valence electrons. The van der Waals surface area contributed by atoms with Crippen molar-refractivity contribution in [2.24, 2.45) is 11.7 Å². The van der Waals surface area contributed by atoms with E-state index in [-0.39, 0.29) is 6.04 Å². The summed E-state index contributed by atoms with van der Waals surface area (Å²) in [7, 11) is 0. The highest BCUT2D eigenvalue weighted by atomic mass is 16.5. The summed E-state index contributed by atoms with van der Waals surface area (Å²) in [6, 6.07) is 1.87. The molecule has 0 bridgehead atoms. The first kappa shape index (κ1) is 10.3. The molecule has 2 heterocycles. The Balaban J connectivity index is 1.74. The van der Waals surface area contributed by atoms with Crippen molar-refractivity contribution in [3.8, 4) is 11.6 Å². The molecular formula is C11H13N5O. The van der Waals surface area contributed by atoms with Gasteiger partial charge >= 0.3 is 0 Å². The molecule has 6 nitrogen and oxygen atoms in total. The monoisotopic (exact) mass is 231 g/mol. The van der Waals surface area contributed by atoms with Crippen LogP contribution in [-0.2, 0) is 6.42 Å². The second kappa shape index (κ2) is 4.21. The molecule has 0 radical (unpaired) electrons. The van der Waals surface area contributed by atoms with Crippen molar-refractivity contribution < 1.29 is 4.52 Å². The third kappa shape index (κ3) is 2.31. The van der Waals surface area contributed by atoms with Gasteiger partial charge in [-0.2, -0.15) is 4.98 Å². The quantitative estimate of drug-likeness (QED) is 0.837. The number of hydrogen-bond acceptors (Lipinski definition) is 6. The Kier molecular flexibility index (Phi) is 2.56. The van der Waals surface area contributed by atoms with Gasteiger partial charge in [-0.05, 0) is 24.8 Å². The smallest absolute Gasteiger partial charge is 0.240 e. The lowest BCUT2D eigenvalue weighted by Gasteiger charge is -2.04. The zero-order valence-corrected chi connectivity index (χ0v) is 9.28. The highest BCUT2D eigenvalue weighted by Crippen LogP contribution is 2.32. The average Bonchev–Trinajstić information content (AvgIpc) is 3.12. The fourth-order valence-corrected chi connectivity index (χ4v) is 1.74. The van der Waals surface area contributed by atoms with Crippen LogP contribution in [0.2, 0.25) is 0 Å². The summed E-state index contributed by atoms with van der Waals surface area (Å²) < 4.78 is 5.15. The third-order valence-corrected chi connectivity index (χ3v) is 2.87. The predicted molar refractivity (Wildman–Crippen MR) is 59.7 cm³/mol. The Morgan fingerprint density at radius 1 is 1.29 bits per heavy atom. The van der Waals surface area contributed by atoms with E-state index < -0.39 is 0 Å². The largest absolute Gasteiger partial charge is 0.339 e. The minimum atomic E-state index is 0.125. The molecule has 6 heteroatoms. The van der Waals surface area contributed by atoms with Crippen molar-refractivity contribution in [1.82, 2.24) is 20.1 Å². The Labute approximate surface area is 98.3 Å². The van der Waals surface area contributed by atoms with Crippen LogP contribution in [0.1, 0.15) is 18.7 Å². The van der Waals surface area contributed by atoms with Crippen LogP contribution in [0.4, 0.5) is 0 Å². The van der Waals surface area contributed by atoms with Gasteiger partial charge in [-0.25, -0.2) is 9.97 Å². The number of hydrogen-bond donors (Lipinski definition) is 1. The number of rotatable bonds is 4. The van der Waals surface area contributed by atoms with Crippen molar-refractivity contribution in [2.45, 2.75) is 25.3 Å². The van der Waals surface area contributed by atoms with Crippen LogP contribution in [0.5, 0.6) is 0 Å². The van der Waals surface area contributed by atoms with Crippen LogP contribution in [-0.4, -0.2) is 26.2 Å². The minimum absolute atomic E-state index is 0.125. The lowest BCUT2D eigenvalue weighted by molar-refractivity contribution is 0.363. The molecule has 1 aliphatic rings. The van der Waals surface area contributed by atoms with Crippen molar-refractivity contribution in [3.05, 3.63) is 24.4 Å². The lowest BCUT2D eigenvalue weighted by Crippen LogP contribution is -2.25. The molecule has 0 amide bonds. The third-order valence-electron chi connectivity index (χ3n) is 2.87. The second-order valence-electron chi connectivity index (χ2n) is 4.29. The maximum atomic E-state index is 6.00. The van der Waals surface area contributed by atoms with Crippen LogP contribution >= 0.6 is 0 Å². The zero-order valence-electron chi connectivity index (χ0n) is 9.28. The molecule has 1 saturated carbocycles. The van der Waals surface area contributed by atoms with Crippen LogP contribution in [0, 0.1) is 5.92 Å². The molecule has 0 saturated heterocycles. The molecular weight excluding hydrogens is 218 g/mol. The molecule has 2 aromatic heterocycles. The Morgan fingerprint density at radius 2 is 2.06 bits per heavy atom. The fourth-order valence-electron chi connectivity index (χ4n) is 1.74. The first-order valence-electron chi connectivity index (χ1n) is 5.68. The van der Waals surface area contributed by atoms with E-state index in [1.165, 1.54) is 12.8 Å². The van der Waals surface area contributed by atoms with Gasteiger partial charge in [0.25, 0.3) is 0 Å². The topological polar surface area (TPSA) is 90.7 Å². The Hall–Kier alpha value is -1.82. The molecule has 0 aliphatic heterocycles. The van der Waals surface area contributed by atoms with Crippen LogP contribution < -0.4 is 5.73 Å². The summed E-state index contributed by atoms with van der Waals surface area (Å²) in [5, 5.41) is 3.85. The van der Waals surface area contributed by atoms with Crippen LogP contribution in [0.3, 0.4) is 0 Å². The van der Waals surface area contributed by atoms with Gasteiger partial charge in [0, 0.05) is 24.9 Å². The molecule has 1 atom stereocenters. The molecule has 1 unspecified atom stereocenters. The minimum Gasteiger partial charge on any atom is -0.339 e. The normalized spacial score (nSPS) is 17.0. The molecule has 1 aliphatic carbocycles. The Morgan fingerprint density at radius 3 is 2.76 bits per heavy atom. The van der Waals surface area contributed by atoms with Gasteiger partial charge in [0.1, 0.15) is 0 Å². The van der Waals surface area contributed by atoms with E-state index in [1.54, 1.807) is 18.5 Å². The average molecular weight is 231 g/mol. The van der Waals surface area contributed by atoms with Crippen molar-refractivity contribution in [3.63, 3.8) is 0 Å². The number of nitrogens with two attached hydrogens (primary N) is 1. The first-order valence-corrected chi connectivity index (χ1v) is 5.68. The van der Waals surface area contributed by atoms with Crippen LogP contribution in [0.15, 0.2) is 23.0 Å². The second-order valence-corrected chi connectivity index (χ2v) is 4.29. The van der Waals surface area contributed by atoms with Gasteiger partial charge in [0.15, 0.2) is 0 Å². The van der Waals surface area contributed by atoms with E-state index in [1.807, 2.05) is 0 Å². The van der Waals surface area contributed by atoms with Gasteiger partial charge in [0.2, 0.25) is 17.5 Å². The number of nitrogens with zero attached hydrogens (tertiary/aromatic N) is 4. The predicted octanol–water partition coefficient (Wildman–Crippen LogP) is 0.806. The molecule has 3 rings (SSSR count). The summed E-state index contributed by atoms with van der Waals surface area (Å²) in [5.41, 5.74) is 6.00. The fraction of sp³-hybridized carbons (Fsp3) is 0.455. The highest BCUT2D eigenvalue weighted by molar-refractivity contribution is 5.40. The standard InChI is InChI=1S/C11H13N5O/c12-8(7-2-3-7)6-9-15-11(16-17-9)10-13-4-1-5-14-10/h1,4-5,7-8H,2-3,6,12H2. The summed E-state index contributed by atoms with van der Waals surface area (Å²) in [4.78, 5) is 12.4. The summed E-state index contributed by atoms with van der Waals surface area (Å²) >= 11 is 0. The maximum Gasteiger partial charge on any atom is 0.240 e. The molecule has 0 spiro atoms. The maximum absolute atomic E-state index is 6.00. The number of aromatic nitrogens is 4. The zero-order chi connectivity index (χ0) is 11.7. The lowest BCUT2D eigenvalue weighted by atomic mass is 10.1. The SMILES string of the molecule is NC(Cc1nc(-c2ncccn2)no1)C1CC1. The van der Waals surface area contributed by atoms with Crippen molar-refractivity contribution in [2.75, 3.05) is 0 Å². The van der Waals surface area contributed by atoms with E-state index in [9.17, 15) is 0 Å². The van der Waals surface area contributed by atoms with E-state index in [0.717, 1.165) is 0 Å². The van der Waals surface area contributed by atoms with Crippen LogP contribution in [0.25, 0.3) is 11.6 Å². The molecule has 2 N–H and O–H groups in total. The summed E-state index contributed by atoms with van der Waals surface area (Å²) in [6.45, 7) is 0. The van der Waals surface area contributed by atoms with Gasteiger partial charge < -0.3 is 10.3 Å². The highest BCUT2D eigenvalue weighted by Gasteiger charge is 2.29.